The number of ether oxygens (including phenoxy) is 1. The van der Waals surface area contributed by atoms with Crippen LogP contribution in [0.15, 0.2) is 59.5 Å². The van der Waals surface area contributed by atoms with Crippen molar-refractivity contribution in [1.29, 1.82) is 0 Å². The Morgan fingerprint density at radius 1 is 1.03 bits per heavy atom. The largest absolute Gasteiger partial charge is 0.468 e. The van der Waals surface area contributed by atoms with Gasteiger partial charge >= 0.3 is 5.97 Å². The lowest BCUT2D eigenvalue weighted by Crippen LogP contribution is -2.46. The van der Waals surface area contributed by atoms with Gasteiger partial charge in [-0.25, -0.2) is 18.6 Å². The first kappa shape index (κ1) is 20.0. The van der Waals surface area contributed by atoms with Gasteiger partial charge < -0.3 is 4.74 Å². The summed E-state index contributed by atoms with van der Waals surface area (Å²) < 4.78 is 34.2. The number of rotatable bonds is 5. The molecule has 1 heterocycles. The van der Waals surface area contributed by atoms with Crippen LogP contribution in [0.2, 0.25) is 0 Å². The fourth-order valence-corrected chi connectivity index (χ4v) is 5.88. The van der Waals surface area contributed by atoms with Gasteiger partial charge in [-0.1, -0.05) is 48.5 Å². The van der Waals surface area contributed by atoms with Crippen molar-refractivity contribution in [2.75, 3.05) is 7.11 Å². The van der Waals surface area contributed by atoms with Gasteiger partial charge in [-0.2, -0.15) is 0 Å². The molecule has 0 amide bonds. The van der Waals surface area contributed by atoms with Gasteiger partial charge in [0.1, 0.15) is 6.04 Å². The van der Waals surface area contributed by atoms with E-state index >= 15 is 0 Å². The van der Waals surface area contributed by atoms with Crippen molar-refractivity contribution in [1.82, 2.24) is 15.6 Å². The van der Waals surface area contributed by atoms with Crippen molar-refractivity contribution in [3.05, 3.63) is 54.6 Å². The smallest absolute Gasteiger partial charge is 0.324 e. The van der Waals surface area contributed by atoms with Crippen LogP contribution in [0.1, 0.15) is 19.3 Å². The first-order valence-electron chi connectivity index (χ1n) is 9.75. The Labute approximate surface area is 170 Å². The molecule has 0 radical (unpaired) electrons. The molecule has 4 unspecified atom stereocenters. The highest BCUT2D eigenvalue weighted by Crippen LogP contribution is 2.33. The summed E-state index contributed by atoms with van der Waals surface area (Å²) in [6, 6.07) is 15.9. The minimum absolute atomic E-state index is 0.0201. The van der Waals surface area contributed by atoms with Crippen LogP contribution in [0.25, 0.3) is 11.1 Å². The third-order valence-electron chi connectivity index (χ3n) is 5.79. The molecule has 3 N–H and O–H groups in total. The van der Waals surface area contributed by atoms with Crippen molar-refractivity contribution < 1.29 is 17.9 Å². The van der Waals surface area contributed by atoms with Crippen molar-refractivity contribution in [2.24, 2.45) is 5.92 Å². The Morgan fingerprint density at radius 2 is 1.76 bits per heavy atom. The molecule has 1 saturated heterocycles. The Morgan fingerprint density at radius 3 is 2.52 bits per heavy atom. The van der Waals surface area contributed by atoms with E-state index in [0.717, 1.165) is 12.0 Å². The van der Waals surface area contributed by atoms with Gasteiger partial charge in [0.15, 0.2) is 0 Å². The average Bonchev–Trinajstić information content (AvgIpc) is 3.17. The van der Waals surface area contributed by atoms with E-state index in [1.54, 1.807) is 12.1 Å². The molecule has 4 rings (SSSR count). The van der Waals surface area contributed by atoms with Crippen LogP contribution in [0.4, 0.5) is 0 Å². The number of benzene rings is 2. The normalized spacial score (nSPS) is 26.7. The van der Waals surface area contributed by atoms with Crippen LogP contribution in [0.5, 0.6) is 0 Å². The lowest BCUT2D eigenvalue weighted by molar-refractivity contribution is -0.144. The Balaban J connectivity index is 1.55. The number of fused-ring (bicyclic) bond motifs is 1. The zero-order valence-corrected chi connectivity index (χ0v) is 17.0. The summed E-state index contributed by atoms with van der Waals surface area (Å²) in [6.07, 6.45) is 2.05. The summed E-state index contributed by atoms with van der Waals surface area (Å²) in [5, 5.41) is 0. The minimum Gasteiger partial charge on any atom is -0.468 e. The highest BCUT2D eigenvalue weighted by atomic mass is 32.2. The molecule has 0 spiro atoms. The number of esters is 1. The number of carbonyl (C=O) groups excluding carboxylic acids is 1. The van der Waals surface area contributed by atoms with Crippen molar-refractivity contribution in [3.63, 3.8) is 0 Å². The summed E-state index contributed by atoms with van der Waals surface area (Å²) >= 11 is 0. The summed E-state index contributed by atoms with van der Waals surface area (Å²) in [7, 11) is -2.36. The molecule has 1 aliphatic carbocycles. The van der Waals surface area contributed by atoms with E-state index in [0.29, 0.717) is 18.4 Å². The molecule has 154 valence electrons. The molecule has 8 heteroatoms. The predicted molar refractivity (Wildman–Crippen MR) is 109 cm³/mol. The quantitative estimate of drug-likeness (QED) is 0.645. The Bertz CT molecular complexity index is 980. The van der Waals surface area contributed by atoms with Crippen molar-refractivity contribution in [2.45, 2.75) is 42.3 Å². The third-order valence-corrected chi connectivity index (χ3v) is 7.37. The lowest BCUT2D eigenvalue weighted by atomic mass is 9.79. The molecule has 7 nitrogen and oxygen atoms in total. The molecule has 2 aromatic rings. The van der Waals surface area contributed by atoms with Crippen LogP contribution in [-0.4, -0.2) is 39.6 Å². The number of hydrazine groups is 1. The molecule has 0 aromatic heterocycles. The average molecular weight is 416 g/mol. The standard InChI is InChI=1S/C21H25N3O4S/c1-28-21(25)20-17-13-15(11-12-18(17)22-23-20)24-29(26,27)19-10-6-5-9-16(19)14-7-3-2-4-8-14/h2-10,15,17-18,20,22-24H,11-13H2,1H3. The number of methoxy groups -OCH3 is 1. The second-order valence-electron chi connectivity index (χ2n) is 7.55. The van der Waals surface area contributed by atoms with E-state index in [1.807, 2.05) is 42.5 Å². The molecular formula is C21H25N3O4S. The second-order valence-corrected chi connectivity index (χ2v) is 9.24. The number of hydrogen-bond donors (Lipinski definition) is 3. The number of carbonyl (C=O) groups is 1. The number of hydrogen-bond acceptors (Lipinski definition) is 6. The molecule has 1 saturated carbocycles. The lowest BCUT2D eigenvalue weighted by Gasteiger charge is -2.32. The Kier molecular flexibility index (Phi) is 5.69. The SMILES string of the molecule is COC(=O)C1NNC2CCC(NS(=O)(=O)c3ccccc3-c3ccccc3)CC21. The van der Waals surface area contributed by atoms with Crippen LogP contribution in [0, 0.1) is 5.92 Å². The maximum absolute atomic E-state index is 13.2. The highest BCUT2D eigenvalue weighted by Gasteiger charge is 2.44. The topological polar surface area (TPSA) is 96.5 Å². The first-order chi connectivity index (χ1) is 14.0. The van der Waals surface area contributed by atoms with Crippen LogP contribution in [-0.2, 0) is 19.6 Å². The van der Waals surface area contributed by atoms with Gasteiger partial charge in [0.05, 0.1) is 12.0 Å². The van der Waals surface area contributed by atoms with Gasteiger partial charge in [0.25, 0.3) is 0 Å². The summed E-state index contributed by atoms with van der Waals surface area (Å²) in [4.78, 5) is 12.3. The molecule has 0 bridgehead atoms. The van der Waals surface area contributed by atoms with Gasteiger partial charge in [-0.3, -0.25) is 10.2 Å². The third kappa shape index (κ3) is 4.06. The van der Waals surface area contributed by atoms with Gasteiger partial charge in [0.2, 0.25) is 10.0 Å². The monoisotopic (exact) mass is 415 g/mol. The second kappa shape index (κ2) is 8.23. The molecule has 2 aromatic carbocycles. The zero-order chi connectivity index (χ0) is 20.4. The fourth-order valence-electron chi connectivity index (χ4n) is 4.36. The predicted octanol–water partition coefficient (Wildman–Crippen LogP) is 1.82. The first-order valence-corrected chi connectivity index (χ1v) is 11.2. The van der Waals surface area contributed by atoms with Gasteiger partial charge in [-0.05, 0) is 30.9 Å². The van der Waals surface area contributed by atoms with Gasteiger partial charge in [0, 0.05) is 23.6 Å². The van der Waals surface area contributed by atoms with Crippen LogP contribution < -0.4 is 15.6 Å². The van der Waals surface area contributed by atoms with Gasteiger partial charge in [-0.15, -0.1) is 0 Å². The zero-order valence-electron chi connectivity index (χ0n) is 16.2. The summed E-state index contributed by atoms with van der Waals surface area (Å²) in [6.45, 7) is 0. The van der Waals surface area contributed by atoms with E-state index < -0.39 is 16.1 Å². The summed E-state index contributed by atoms with van der Waals surface area (Å²) in [5.74, 6) is -0.351. The van der Waals surface area contributed by atoms with Crippen LogP contribution >= 0.6 is 0 Å². The maximum Gasteiger partial charge on any atom is 0.324 e. The summed E-state index contributed by atoms with van der Waals surface area (Å²) in [5.41, 5.74) is 7.66. The molecule has 1 aliphatic heterocycles. The Hall–Kier alpha value is -2.26. The molecule has 29 heavy (non-hydrogen) atoms. The van der Waals surface area contributed by atoms with E-state index in [-0.39, 0.29) is 28.9 Å². The minimum atomic E-state index is -3.72. The van der Waals surface area contributed by atoms with Crippen molar-refractivity contribution >= 4 is 16.0 Å². The molecular weight excluding hydrogens is 390 g/mol. The molecule has 2 aliphatic rings. The number of nitrogens with one attached hydrogen (secondary N) is 3. The van der Waals surface area contributed by atoms with E-state index in [4.69, 9.17) is 4.74 Å². The van der Waals surface area contributed by atoms with E-state index in [9.17, 15) is 13.2 Å². The van der Waals surface area contributed by atoms with E-state index in [2.05, 4.69) is 15.6 Å². The van der Waals surface area contributed by atoms with E-state index in [1.165, 1.54) is 7.11 Å². The molecule has 4 atom stereocenters. The van der Waals surface area contributed by atoms with Crippen LogP contribution in [0.3, 0.4) is 0 Å². The number of sulfonamides is 1. The fraction of sp³-hybridized carbons (Fsp3) is 0.381. The maximum atomic E-state index is 13.2. The highest BCUT2D eigenvalue weighted by molar-refractivity contribution is 7.89. The molecule has 2 fully saturated rings. The van der Waals surface area contributed by atoms with Crippen molar-refractivity contribution in [3.8, 4) is 11.1 Å².